The monoisotopic (exact) mass is 389 g/mol. The minimum atomic E-state index is -0.377. The van der Waals surface area contributed by atoms with Crippen LogP contribution in [0.3, 0.4) is 0 Å². The van der Waals surface area contributed by atoms with E-state index in [2.05, 4.69) is 47.7 Å². The van der Waals surface area contributed by atoms with E-state index in [0.29, 0.717) is 11.3 Å². The highest BCUT2D eigenvalue weighted by Gasteiger charge is 2.22. The maximum absolute atomic E-state index is 12.9. The minimum Gasteiger partial charge on any atom is -0.451 e. The lowest BCUT2D eigenvalue weighted by Crippen LogP contribution is -2.13. The first-order valence-electron chi connectivity index (χ1n) is 9.77. The molecule has 0 aliphatic heterocycles. The number of carbonyl (C=O) groups is 1. The van der Waals surface area contributed by atoms with Crippen molar-refractivity contribution in [2.75, 3.05) is 5.32 Å². The van der Waals surface area contributed by atoms with Gasteiger partial charge in [-0.15, -0.1) is 0 Å². The molecule has 0 aliphatic rings. The van der Waals surface area contributed by atoms with E-state index in [1.165, 1.54) is 5.56 Å². The molecule has 2 aromatic carbocycles. The maximum Gasteiger partial charge on any atom is 0.292 e. The molecule has 6 nitrogen and oxygen atoms in total. The van der Waals surface area contributed by atoms with Gasteiger partial charge in [0.05, 0.1) is 0 Å². The molecular formula is C23H23N3O3. The number of rotatable bonds is 5. The van der Waals surface area contributed by atoms with Gasteiger partial charge in [0.25, 0.3) is 5.91 Å². The average Bonchev–Trinajstić information content (AvgIpc) is 3.32. The van der Waals surface area contributed by atoms with Crippen LogP contribution in [0, 0.1) is 13.8 Å². The van der Waals surface area contributed by atoms with Crippen molar-refractivity contribution in [1.82, 2.24) is 10.3 Å². The van der Waals surface area contributed by atoms with Crippen molar-refractivity contribution >= 4 is 22.7 Å². The number of fused-ring (bicyclic) bond motifs is 1. The van der Waals surface area contributed by atoms with Crippen LogP contribution in [0.15, 0.2) is 45.4 Å². The van der Waals surface area contributed by atoms with Crippen molar-refractivity contribution in [3.05, 3.63) is 64.4 Å². The van der Waals surface area contributed by atoms with Gasteiger partial charge in [0.15, 0.2) is 11.5 Å². The second kappa shape index (κ2) is 7.54. The number of hydrogen-bond acceptors (Lipinski definition) is 5. The molecule has 2 heterocycles. The number of anilines is 1. The fourth-order valence-electron chi connectivity index (χ4n) is 3.54. The summed E-state index contributed by atoms with van der Waals surface area (Å²) in [5, 5.41) is 11.7. The summed E-state index contributed by atoms with van der Waals surface area (Å²) in [4.78, 5) is 12.9. The maximum atomic E-state index is 12.9. The molecule has 1 amide bonds. The van der Waals surface area contributed by atoms with E-state index >= 15 is 0 Å². The lowest BCUT2D eigenvalue weighted by molar-refractivity contribution is 0.0997. The molecule has 0 bridgehead atoms. The summed E-state index contributed by atoms with van der Waals surface area (Å²) in [5.74, 6) is 0.171. The molecule has 2 aromatic heterocycles. The lowest BCUT2D eigenvalue weighted by atomic mass is 9.98. The molecule has 148 valence electrons. The molecule has 4 aromatic rings. The predicted molar refractivity (Wildman–Crippen MR) is 112 cm³/mol. The first-order valence-corrected chi connectivity index (χ1v) is 9.77. The van der Waals surface area contributed by atoms with Gasteiger partial charge in [-0.1, -0.05) is 37.6 Å². The third-order valence-electron chi connectivity index (χ3n) is 5.24. The Hall–Kier alpha value is -3.41. The van der Waals surface area contributed by atoms with Crippen molar-refractivity contribution in [3.63, 3.8) is 0 Å². The second-order valence-electron chi connectivity index (χ2n) is 7.17. The van der Waals surface area contributed by atoms with Gasteiger partial charge in [0, 0.05) is 16.5 Å². The van der Waals surface area contributed by atoms with E-state index in [9.17, 15) is 4.79 Å². The molecule has 29 heavy (non-hydrogen) atoms. The Bertz CT molecular complexity index is 1200. The van der Waals surface area contributed by atoms with Crippen molar-refractivity contribution in [3.8, 4) is 11.3 Å². The number of aryl methyl sites for hydroxylation is 4. The number of aromatic nitrogens is 2. The number of hydrogen-bond donors (Lipinski definition) is 1. The van der Waals surface area contributed by atoms with Gasteiger partial charge in [-0.05, 0) is 66.3 Å². The molecule has 0 unspecified atom stereocenters. The summed E-state index contributed by atoms with van der Waals surface area (Å²) in [7, 11) is 0. The summed E-state index contributed by atoms with van der Waals surface area (Å²) in [6.45, 7) is 8.06. The van der Waals surface area contributed by atoms with Crippen molar-refractivity contribution < 1.29 is 13.8 Å². The quantitative estimate of drug-likeness (QED) is 0.489. The summed E-state index contributed by atoms with van der Waals surface area (Å²) in [5.41, 5.74) is 6.32. The summed E-state index contributed by atoms with van der Waals surface area (Å²) < 4.78 is 10.8. The third kappa shape index (κ3) is 3.42. The van der Waals surface area contributed by atoms with Crippen molar-refractivity contribution in [1.29, 1.82) is 0 Å². The van der Waals surface area contributed by atoms with Crippen molar-refractivity contribution in [2.24, 2.45) is 0 Å². The fourth-order valence-corrected chi connectivity index (χ4v) is 3.54. The van der Waals surface area contributed by atoms with Gasteiger partial charge in [-0.2, -0.15) is 0 Å². The minimum absolute atomic E-state index is 0.262. The van der Waals surface area contributed by atoms with Crippen LogP contribution < -0.4 is 5.32 Å². The molecule has 0 saturated carbocycles. The van der Waals surface area contributed by atoms with Crippen LogP contribution in [0.4, 0.5) is 5.82 Å². The molecule has 6 heteroatoms. The molecule has 0 atom stereocenters. The Morgan fingerprint density at radius 2 is 1.86 bits per heavy atom. The molecule has 0 radical (unpaired) electrons. The molecule has 0 saturated heterocycles. The number of carbonyl (C=O) groups excluding carboxylic acids is 1. The van der Waals surface area contributed by atoms with Gasteiger partial charge >= 0.3 is 0 Å². The Morgan fingerprint density at radius 3 is 2.62 bits per heavy atom. The van der Waals surface area contributed by atoms with E-state index in [1.807, 2.05) is 32.0 Å². The van der Waals surface area contributed by atoms with Gasteiger partial charge in [-0.3, -0.25) is 10.1 Å². The van der Waals surface area contributed by atoms with E-state index in [-0.39, 0.29) is 17.5 Å². The number of nitrogens with zero attached hydrogens (tertiary/aromatic N) is 2. The van der Waals surface area contributed by atoms with Crippen LogP contribution in [0.1, 0.15) is 46.7 Å². The normalized spacial score (nSPS) is 11.2. The number of benzene rings is 2. The first-order chi connectivity index (χ1) is 14.0. The highest BCUT2D eigenvalue weighted by molar-refractivity contribution is 6.07. The number of amides is 1. The summed E-state index contributed by atoms with van der Waals surface area (Å²) in [6.07, 6.45) is 1.74. The van der Waals surface area contributed by atoms with Crippen LogP contribution in [-0.2, 0) is 12.8 Å². The lowest BCUT2D eigenvalue weighted by Gasteiger charge is -2.09. The highest BCUT2D eigenvalue weighted by atomic mass is 16.6. The van der Waals surface area contributed by atoms with Crippen LogP contribution in [0.2, 0.25) is 0 Å². The number of furan rings is 1. The Kier molecular flexibility index (Phi) is 4.92. The van der Waals surface area contributed by atoms with Crippen LogP contribution in [-0.4, -0.2) is 16.2 Å². The average molecular weight is 389 g/mol. The van der Waals surface area contributed by atoms with Crippen LogP contribution in [0.25, 0.3) is 22.2 Å². The van der Waals surface area contributed by atoms with Gasteiger partial charge in [0.2, 0.25) is 5.82 Å². The van der Waals surface area contributed by atoms with E-state index < -0.39 is 0 Å². The molecule has 0 spiro atoms. The number of nitrogens with one attached hydrogen (secondary N) is 1. The Balaban J connectivity index is 1.70. The summed E-state index contributed by atoms with van der Waals surface area (Å²) in [6, 6.07) is 12.1. The topological polar surface area (TPSA) is 81.2 Å². The zero-order chi connectivity index (χ0) is 20.5. The predicted octanol–water partition coefficient (Wildman–Crippen LogP) is 5.48. The molecule has 1 N–H and O–H groups in total. The summed E-state index contributed by atoms with van der Waals surface area (Å²) >= 11 is 0. The Morgan fingerprint density at radius 1 is 1.03 bits per heavy atom. The van der Waals surface area contributed by atoms with Gasteiger partial charge in [0.1, 0.15) is 5.58 Å². The highest BCUT2D eigenvalue weighted by Crippen LogP contribution is 2.31. The zero-order valence-electron chi connectivity index (χ0n) is 17.0. The van der Waals surface area contributed by atoms with E-state index in [0.717, 1.165) is 40.5 Å². The SMILES string of the molecule is CCc1ccc(CC)c(-c2nonc2NC(=O)c2oc3ccc(C)cc3c2C)c1. The zero-order valence-corrected chi connectivity index (χ0v) is 17.0. The van der Waals surface area contributed by atoms with E-state index in [4.69, 9.17) is 9.05 Å². The molecule has 4 rings (SSSR count). The molecule has 0 fully saturated rings. The van der Waals surface area contributed by atoms with Crippen molar-refractivity contribution in [2.45, 2.75) is 40.5 Å². The van der Waals surface area contributed by atoms with Crippen LogP contribution >= 0.6 is 0 Å². The fraction of sp³-hybridized carbons (Fsp3) is 0.261. The second-order valence-corrected chi connectivity index (χ2v) is 7.17. The standard InChI is InChI=1S/C23H23N3O3/c1-5-15-8-9-16(6-2)18(12-15)20-22(26-29-25-20)24-23(27)21-14(4)17-11-13(3)7-10-19(17)28-21/h7-12H,5-6H2,1-4H3,(H,24,26,27). The van der Waals surface area contributed by atoms with Gasteiger partial charge < -0.3 is 4.42 Å². The smallest absolute Gasteiger partial charge is 0.292 e. The largest absolute Gasteiger partial charge is 0.451 e. The van der Waals surface area contributed by atoms with E-state index in [1.54, 1.807) is 0 Å². The first kappa shape index (κ1) is 18.9. The van der Waals surface area contributed by atoms with Gasteiger partial charge in [-0.25, -0.2) is 4.63 Å². The molecular weight excluding hydrogens is 366 g/mol. The molecule has 0 aliphatic carbocycles. The van der Waals surface area contributed by atoms with Crippen LogP contribution in [0.5, 0.6) is 0 Å². The third-order valence-corrected chi connectivity index (χ3v) is 5.24. The Labute approximate surface area is 168 Å².